The Hall–Kier alpha value is -2.33. The third-order valence-electron chi connectivity index (χ3n) is 5.32. The van der Waals surface area contributed by atoms with E-state index in [1.807, 2.05) is 0 Å². The molecule has 2 heterocycles. The Bertz CT molecular complexity index is 860. The number of benzene rings is 1. The molecule has 33 heavy (non-hydrogen) atoms. The summed E-state index contributed by atoms with van der Waals surface area (Å²) in [6.07, 6.45) is -8.99. The van der Waals surface area contributed by atoms with Gasteiger partial charge in [-0.3, -0.25) is 0 Å². The van der Waals surface area contributed by atoms with Crippen LogP contribution in [0.15, 0.2) is 24.3 Å². The predicted molar refractivity (Wildman–Crippen MR) is 105 cm³/mol. The number of hydrogen-bond donors (Lipinski definition) is 8. The number of phenols is 2. The summed E-state index contributed by atoms with van der Waals surface area (Å²) in [6, 6.07) is 3.81. The standard InChI is InChI=1S/C20H26O13/c21-7-20(29)8-31-19(17(20)28)30-6-12-14(25)15(26)16(27)18(32-12)33-13(24)4-2-9-1-3-10(22)11(23)5-9/h1-5,12,14-19,21-23,25-29H,6-8H2/b4-2+/t12-,14-,15+,16-,17+,18+,19-,20-/m1/s1. The first-order valence-corrected chi connectivity index (χ1v) is 9.90. The van der Waals surface area contributed by atoms with Crippen molar-refractivity contribution in [3.8, 4) is 11.5 Å². The molecule has 0 unspecified atom stereocenters. The van der Waals surface area contributed by atoms with E-state index in [-0.39, 0.29) is 5.75 Å². The van der Waals surface area contributed by atoms with Crippen molar-refractivity contribution in [3.63, 3.8) is 0 Å². The lowest BCUT2D eigenvalue weighted by molar-refractivity contribution is -0.300. The SMILES string of the molecule is O=C(/C=C/c1ccc(O)c(O)c1)O[C@@H]1O[C@H](CO[C@@H]2OC[C@](O)(CO)[C@H]2O)[C@@H](O)[C@H](O)[C@H]1O. The average molecular weight is 474 g/mol. The highest BCUT2D eigenvalue weighted by Gasteiger charge is 2.50. The maximum absolute atomic E-state index is 12.1. The molecule has 0 aromatic heterocycles. The second kappa shape index (κ2) is 10.3. The third kappa shape index (κ3) is 5.60. The van der Waals surface area contributed by atoms with E-state index in [9.17, 15) is 40.5 Å². The molecule has 3 rings (SSSR count). The monoisotopic (exact) mass is 474 g/mol. The van der Waals surface area contributed by atoms with Gasteiger partial charge in [0.2, 0.25) is 6.29 Å². The highest BCUT2D eigenvalue weighted by atomic mass is 16.7. The maximum atomic E-state index is 12.1. The quantitative estimate of drug-likeness (QED) is 0.112. The van der Waals surface area contributed by atoms with Gasteiger partial charge in [-0.25, -0.2) is 4.79 Å². The number of phenolic OH excluding ortho intramolecular Hbond substituents is 2. The molecule has 8 atom stereocenters. The predicted octanol–water partition coefficient (Wildman–Crippen LogP) is -3.08. The Morgan fingerprint density at radius 3 is 2.45 bits per heavy atom. The minimum atomic E-state index is -1.93. The normalized spacial score (nSPS) is 36.8. The number of aliphatic hydroxyl groups is 6. The molecule has 184 valence electrons. The minimum absolute atomic E-state index is 0.342. The van der Waals surface area contributed by atoms with Crippen LogP contribution < -0.4 is 0 Å². The third-order valence-corrected chi connectivity index (χ3v) is 5.32. The first kappa shape index (κ1) is 25.3. The number of carbonyl (C=O) groups excluding carboxylic acids is 1. The molecular weight excluding hydrogens is 448 g/mol. The van der Waals surface area contributed by atoms with Crippen LogP contribution in [0.4, 0.5) is 0 Å². The second-order valence-electron chi connectivity index (χ2n) is 7.75. The summed E-state index contributed by atoms with van der Waals surface area (Å²) in [6.45, 7) is -1.68. The van der Waals surface area contributed by atoms with Crippen LogP contribution >= 0.6 is 0 Å². The molecule has 0 aliphatic carbocycles. The van der Waals surface area contributed by atoms with E-state index in [2.05, 4.69) is 0 Å². The average Bonchev–Trinajstić information content (AvgIpc) is 3.08. The maximum Gasteiger partial charge on any atom is 0.333 e. The molecule has 0 radical (unpaired) electrons. The molecule has 8 N–H and O–H groups in total. The van der Waals surface area contributed by atoms with Crippen LogP contribution in [0.3, 0.4) is 0 Å². The smallest absolute Gasteiger partial charge is 0.333 e. The number of aromatic hydroxyl groups is 2. The summed E-state index contributed by atoms with van der Waals surface area (Å²) in [5, 5.41) is 78.2. The van der Waals surface area contributed by atoms with Gasteiger partial charge < -0.3 is 59.8 Å². The fourth-order valence-electron chi connectivity index (χ4n) is 3.24. The van der Waals surface area contributed by atoms with E-state index in [1.165, 1.54) is 24.3 Å². The van der Waals surface area contributed by atoms with Gasteiger partial charge >= 0.3 is 5.97 Å². The summed E-state index contributed by atoms with van der Waals surface area (Å²) >= 11 is 0. The first-order valence-electron chi connectivity index (χ1n) is 9.90. The van der Waals surface area contributed by atoms with Crippen LogP contribution in [0.1, 0.15) is 5.56 Å². The van der Waals surface area contributed by atoms with Gasteiger partial charge in [0.05, 0.1) is 19.8 Å². The van der Waals surface area contributed by atoms with Gasteiger partial charge in [0.25, 0.3) is 0 Å². The van der Waals surface area contributed by atoms with Crippen molar-refractivity contribution in [2.24, 2.45) is 0 Å². The van der Waals surface area contributed by atoms with Gasteiger partial charge in [-0.05, 0) is 23.8 Å². The zero-order chi connectivity index (χ0) is 24.3. The van der Waals surface area contributed by atoms with E-state index in [0.717, 1.165) is 6.08 Å². The fourth-order valence-corrected chi connectivity index (χ4v) is 3.24. The first-order chi connectivity index (χ1) is 15.6. The molecule has 0 spiro atoms. The summed E-state index contributed by atoms with van der Waals surface area (Å²) in [7, 11) is 0. The van der Waals surface area contributed by atoms with E-state index >= 15 is 0 Å². The Morgan fingerprint density at radius 2 is 1.82 bits per heavy atom. The lowest BCUT2D eigenvalue weighted by atomic mass is 9.99. The van der Waals surface area contributed by atoms with Crippen molar-refractivity contribution in [1.29, 1.82) is 0 Å². The van der Waals surface area contributed by atoms with Gasteiger partial charge in [0, 0.05) is 6.08 Å². The zero-order valence-corrected chi connectivity index (χ0v) is 17.2. The Balaban J connectivity index is 1.58. The summed E-state index contributed by atoms with van der Waals surface area (Å²) < 4.78 is 20.6. The van der Waals surface area contributed by atoms with Gasteiger partial charge in [-0.15, -0.1) is 0 Å². The largest absolute Gasteiger partial charge is 0.504 e. The number of aliphatic hydroxyl groups excluding tert-OH is 5. The van der Waals surface area contributed by atoms with Gasteiger partial charge in [0.15, 0.2) is 17.8 Å². The van der Waals surface area contributed by atoms with Crippen molar-refractivity contribution in [2.75, 3.05) is 19.8 Å². The molecule has 1 aromatic rings. The number of ether oxygens (including phenoxy) is 4. The highest BCUT2D eigenvalue weighted by Crippen LogP contribution is 2.28. The van der Waals surface area contributed by atoms with Crippen molar-refractivity contribution in [3.05, 3.63) is 29.8 Å². The summed E-state index contributed by atoms with van der Waals surface area (Å²) in [5.74, 6) is -1.73. The molecule has 13 nitrogen and oxygen atoms in total. The zero-order valence-electron chi connectivity index (χ0n) is 17.2. The molecule has 2 saturated heterocycles. The van der Waals surface area contributed by atoms with Crippen molar-refractivity contribution in [1.82, 2.24) is 0 Å². The number of esters is 1. The molecule has 0 saturated carbocycles. The number of hydrogen-bond acceptors (Lipinski definition) is 13. The molecule has 0 bridgehead atoms. The Kier molecular flexibility index (Phi) is 7.89. The summed E-state index contributed by atoms with van der Waals surface area (Å²) in [5.41, 5.74) is -1.57. The molecule has 0 amide bonds. The van der Waals surface area contributed by atoms with E-state index in [4.69, 9.17) is 24.1 Å². The van der Waals surface area contributed by atoms with Crippen LogP contribution in [0.2, 0.25) is 0 Å². The lowest BCUT2D eigenvalue weighted by Crippen LogP contribution is -2.60. The van der Waals surface area contributed by atoms with Gasteiger partial charge in [-0.1, -0.05) is 6.07 Å². The minimum Gasteiger partial charge on any atom is -0.504 e. The van der Waals surface area contributed by atoms with E-state index in [0.29, 0.717) is 5.56 Å². The number of rotatable bonds is 7. The van der Waals surface area contributed by atoms with Crippen LogP contribution in [0.25, 0.3) is 6.08 Å². The van der Waals surface area contributed by atoms with Crippen LogP contribution in [-0.2, 0) is 23.7 Å². The Labute approximate surface area is 187 Å². The molecule has 1 aromatic carbocycles. The van der Waals surface area contributed by atoms with Gasteiger partial charge in [-0.2, -0.15) is 0 Å². The van der Waals surface area contributed by atoms with Crippen LogP contribution in [0, 0.1) is 0 Å². The van der Waals surface area contributed by atoms with E-state index in [1.54, 1.807) is 0 Å². The van der Waals surface area contributed by atoms with E-state index < -0.39 is 80.2 Å². The summed E-state index contributed by atoms with van der Waals surface area (Å²) in [4.78, 5) is 12.1. The van der Waals surface area contributed by atoms with Crippen molar-refractivity contribution >= 4 is 12.0 Å². The van der Waals surface area contributed by atoms with Crippen LogP contribution in [0.5, 0.6) is 11.5 Å². The second-order valence-corrected chi connectivity index (χ2v) is 7.75. The van der Waals surface area contributed by atoms with Gasteiger partial charge in [0.1, 0.15) is 36.1 Å². The Morgan fingerprint density at radius 1 is 1.09 bits per heavy atom. The topological polar surface area (TPSA) is 216 Å². The highest BCUT2D eigenvalue weighted by molar-refractivity contribution is 5.87. The molecule has 2 aliphatic rings. The van der Waals surface area contributed by atoms with Crippen molar-refractivity contribution < 1.29 is 64.6 Å². The number of carbonyl (C=O) groups is 1. The van der Waals surface area contributed by atoms with Crippen LogP contribution in [-0.4, -0.2) is 115 Å². The van der Waals surface area contributed by atoms with Crippen molar-refractivity contribution in [2.45, 2.75) is 48.7 Å². The fraction of sp³-hybridized carbons (Fsp3) is 0.550. The molecule has 13 heteroatoms. The lowest BCUT2D eigenvalue weighted by Gasteiger charge is -2.39. The molecule has 2 aliphatic heterocycles. The molecule has 2 fully saturated rings. The molecular formula is C20H26O13.